The molecule has 0 saturated carbocycles. The van der Waals surface area contributed by atoms with E-state index in [1.165, 1.54) is 6.33 Å². The van der Waals surface area contributed by atoms with E-state index in [0.29, 0.717) is 16.7 Å². The maximum absolute atomic E-state index is 6.11. The van der Waals surface area contributed by atoms with Crippen LogP contribution in [0.2, 0.25) is 5.15 Å². The second-order valence-electron chi connectivity index (χ2n) is 3.95. The van der Waals surface area contributed by atoms with Crippen molar-refractivity contribution in [1.29, 1.82) is 0 Å². The Morgan fingerprint density at radius 3 is 2.21 bits per heavy atom. The second kappa shape index (κ2) is 5.89. The van der Waals surface area contributed by atoms with Crippen LogP contribution in [0.25, 0.3) is 11.3 Å². The Bertz CT molecular complexity index is 565. The fourth-order valence-electron chi connectivity index (χ4n) is 1.90. The van der Waals surface area contributed by atoms with Crippen molar-refractivity contribution in [3.8, 4) is 22.8 Å². The number of benzene rings is 1. The van der Waals surface area contributed by atoms with Gasteiger partial charge in [0.05, 0.1) is 19.9 Å². The first-order valence-electron chi connectivity index (χ1n) is 5.92. The maximum Gasteiger partial charge on any atom is 0.136 e. The molecule has 4 nitrogen and oxygen atoms in total. The average Bonchev–Trinajstić information content (AvgIpc) is 2.46. The number of halogens is 1. The maximum atomic E-state index is 6.11. The number of nitrogens with zero attached hydrogens (tertiary/aromatic N) is 2. The van der Waals surface area contributed by atoms with E-state index in [-0.39, 0.29) is 0 Å². The Kier molecular flexibility index (Phi) is 4.22. The number of ether oxygens (including phenoxy) is 2. The molecule has 0 saturated heterocycles. The first kappa shape index (κ1) is 13.6. The highest BCUT2D eigenvalue weighted by Crippen LogP contribution is 2.32. The SMILES string of the molecule is CCc1c(Cl)ncnc1-c1cc(OC)cc(OC)c1. The summed E-state index contributed by atoms with van der Waals surface area (Å²) in [5, 5.41) is 0.481. The third-order valence-corrected chi connectivity index (χ3v) is 3.20. The van der Waals surface area contributed by atoms with E-state index in [0.717, 1.165) is 23.2 Å². The molecule has 2 rings (SSSR count). The van der Waals surface area contributed by atoms with Gasteiger partial charge in [-0.3, -0.25) is 0 Å². The highest BCUT2D eigenvalue weighted by Gasteiger charge is 2.12. The molecule has 1 aromatic heterocycles. The van der Waals surface area contributed by atoms with Gasteiger partial charge in [0.25, 0.3) is 0 Å². The van der Waals surface area contributed by atoms with Crippen molar-refractivity contribution < 1.29 is 9.47 Å². The summed E-state index contributed by atoms with van der Waals surface area (Å²) in [6.07, 6.45) is 2.22. The summed E-state index contributed by atoms with van der Waals surface area (Å²) >= 11 is 6.11. The minimum Gasteiger partial charge on any atom is -0.497 e. The normalized spacial score (nSPS) is 10.3. The van der Waals surface area contributed by atoms with Crippen LogP contribution in [0.4, 0.5) is 0 Å². The zero-order valence-corrected chi connectivity index (χ0v) is 11.9. The van der Waals surface area contributed by atoms with Crippen molar-refractivity contribution in [2.45, 2.75) is 13.3 Å². The summed E-state index contributed by atoms with van der Waals surface area (Å²) in [5.41, 5.74) is 2.62. The van der Waals surface area contributed by atoms with Gasteiger partial charge < -0.3 is 9.47 Å². The topological polar surface area (TPSA) is 44.2 Å². The molecular formula is C14H15ClN2O2. The van der Waals surface area contributed by atoms with Gasteiger partial charge in [-0.05, 0) is 18.6 Å². The highest BCUT2D eigenvalue weighted by atomic mass is 35.5. The lowest BCUT2D eigenvalue weighted by molar-refractivity contribution is 0.394. The molecule has 1 aromatic carbocycles. The first-order chi connectivity index (χ1) is 9.19. The van der Waals surface area contributed by atoms with E-state index >= 15 is 0 Å². The fraction of sp³-hybridized carbons (Fsp3) is 0.286. The second-order valence-corrected chi connectivity index (χ2v) is 4.30. The Morgan fingerprint density at radius 2 is 1.68 bits per heavy atom. The largest absolute Gasteiger partial charge is 0.497 e. The predicted molar refractivity (Wildman–Crippen MR) is 75.0 cm³/mol. The van der Waals surface area contributed by atoms with Gasteiger partial charge >= 0.3 is 0 Å². The lowest BCUT2D eigenvalue weighted by Gasteiger charge is -2.11. The Morgan fingerprint density at radius 1 is 1.05 bits per heavy atom. The van der Waals surface area contributed by atoms with Gasteiger partial charge in [-0.25, -0.2) is 9.97 Å². The number of hydrogen-bond donors (Lipinski definition) is 0. The fourth-order valence-corrected chi connectivity index (χ4v) is 2.16. The number of aromatic nitrogens is 2. The molecule has 0 N–H and O–H groups in total. The molecule has 0 atom stereocenters. The number of methoxy groups -OCH3 is 2. The van der Waals surface area contributed by atoms with Crippen LogP contribution in [0.15, 0.2) is 24.5 Å². The Hall–Kier alpha value is -1.81. The van der Waals surface area contributed by atoms with Crippen LogP contribution >= 0.6 is 11.6 Å². The molecule has 5 heteroatoms. The van der Waals surface area contributed by atoms with E-state index < -0.39 is 0 Å². The molecule has 0 amide bonds. The molecule has 0 aliphatic heterocycles. The summed E-state index contributed by atoms with van der Waals surface area (Å²) in [6.45, 7) is 2.02. The Labute approximate surface area is 117 Å². The number of hydrogen-bond acceptors (Lipinski definition) is 4. The van der Waals surface area contributed by atoms with E-state index in [4.69, 9.17) is 21.1 Å². The third kappa shape index (κ3) is 2.79. The van der Waals surface area contributed by atoms with Gasteiger partial charge in [-0.1, -0.05) is 18.5 Å². The van der Waals surface area contributed by atoms with Gasteiger partial charge in [0.2, 0.25) is 0 Å². The minimum atomic E-state index is 0.481. The van der Waals surface area contributed by atoms with Crippen molar-refractivity contribution in [3.63, 3.8) is 0 Å². The summed E-state index contributed by atoms with van der Waals surface area (Å²) in [7, 11) is 3.23. The van der Waals surface area contributed by atoms with Crippen molar-refractivity contribution >= 4 is 11.6 Å². The standard InChI is InChI=1S/C14H15ClN2O2/c1-4-12-13(16-8-17-14(12)15)9-5-10(18-2)7-11(6-9)19-3/h5-8H,4H2,1-3H3. The zero-order valence-electron chi connectivity index (χ0n) is 11.1. The van der Waals surface area contributed by atoms with Gasteiger partial charge in [0, 0.05) is 17.2 Å². The van der Waals surface area contributed by atoms with Crippen LogP contribution in [0.1, 0.15) is 12.5 Å². The molecule has 2 aromatic rings. The number of rotatable bonds is 4. The molecule has 100 valence electrons. The molecule has 0 bridgehead atoms. The van der Waals surface area contributed by atoms with Crippen molar-refractivity contribution in [2.75, 3.05) is 14.2 Å². The smallest absolute Gasteiger partial charge is 0.136 e. The monoisotopic (exact) mass is 278 g/mol. The molecule has 0 spiro atoms. The van der Waals surface area contributed by atoms with E-state index in [1.807, 2.05) is 25.1 Å². The van der Waals surface area contributed by atoms with Gasteiger partial charge in [-0.15, -0.1) is 0 Å². The van der Waals surface area contributed by atoms with Crippen molar-refractivity contribution in [2.24, 2.45) is 0 Å². The van der Waals surface area contributed by atoms with Crippen LogP contribution in [-0.4, -0.2) is 24.2 Å². The minimum absolute atomic E-state index is 0.481. The van der Waals surface area contributed by atoms with Crippen LogP contribution in [0.3, 0.4) is 0 Å². The van der Waals surface area contributed by atoms with Crippen LogP contribution in [0.5, 0.6) is 11.5 Å². The van der Waals surface area contributed by atoms with Gasteiger partial charge in [-0.2, -0.15) is 0 Å². The molecule has 0 radical (unpaired) electrons. The summed E-state index contributed by atoms with van der Waals surface area (Å²) in [4.78, 5) is 8.34. The quantitative estimate of drug-likeness (QED) is 0.804. The predicted octanol–water partition coefficient (Wildman–Crippen LogP) is 3.38. The Balaban J connectivity index is 2.61. The molecule has 0 aliphatic rings. The molecule has 19 heavy (non-hydrogen) atoms. The molecule has 0 unspecified atom stereocenters. The summed E-state index contributed by atoms with van der Waals surface area (Å²) in [6, 6.07) is 5.62. The van der Waals surface area contributed by atoms with Crippen LogP contribution < -0.4 is 9.47 Å². The van der Waals surface area contributed by atoms with E-state index in [2.05, 4.69) is 9.97 Å². The van der Waals surface area contributed by atoms with E-state index in [9.17, 15) is 0 Å². The molecule has 0 fully saturated rings. The summed E-state index contributed by atoms with van der Waals surface area (Å²) in [5.74, 6) is 1.43. The van der Waals surface area contributed by atoms with Crippen molar-refractivity contribution in [3.05, 3.63) is 35.2 Å². The van der Waals surface area contributed by atoms with E-state index in [1.54, 1.807) is 14.2 Å². The molecular weight excluding hydrogens is 264 g/mol. The van der Waals surface area contributed by atoms with Gasteiger partial charge in [0.1, 0.15) is 23.0 Å². The lowest BCUT2D eigenvalue weighted by Crippen LogP contribution is -1.96. The third-order valence-electron chi connectivity index (χ3n) is 2.87. The highest BCUT2D eigenvalue weighted by molar-refractivity contribution is 6.30. The molecule has 0 aliphatic carbocycles. The van der Waals surface area contributed by atoms with Crippen LogP contribution in [0, 0.1) is 0 Å². The average molecular weight is 279 g/mol. The van der Waals surface area contributed by atoms with Crippen molar-refractivity contribution in [1.82, 2.24) is 9.97 Å². The first-order valence-corrected chi connectivity index (χ1v) is 6.30. The summed E-state index contributed by atoms with van der Waals surface area (Å²) < 4.78 is 10.5. The van der Waals surface area contributed by atoms with Crippen LogP contribution in [-0.2, 0) is 6.42 Å². The lowest BCUT2D eigenvalue weighted by atomic mass is 10.0. The molecule has 1 heterocycles. The zero-order chi connectivity index (χ0) is 13.8. The van der Waals surface area contributed by atoms with Gasteiger partial charge in [0.15, 0.2) is 0 Å².